The van der Waals surface area contributed by atoms with E-state index >= 15 is 0 Å². The van der Waals surface area contributed by atoms with Crippen LogP contribution in [-0.4, -0.2) is 27.9 Å². The summed E-state index contributed by atoms with van der Waals surface area (Å²) in [6.45, 7) is 0.715. The van der Waals surface area contributed by atoms with E-state index in [9.17, 15) is 4.79 Å². The minimum Gasteiger partial charge on any atom is -0.478 e. The Hall–Kier alpha value is -1.82. The molecule has 0 aliphatic carbocycles. The molecule has 19 heavy (non-hydrogen) atoms. The maximum Gasteiger partial charge on any atom is 0.336 e. The number of benzene rings is 1. The molecule has 0 aliphatic rings. The topological polar surface area (TPSA) is 58.4 Å². The van der Waals surface area contributed by atoms with Crippen LogP contribution in [0.25, 0.3) is 0 Å². The molecule has 6 heteroatoms. The SMILES string of the molecule is CN(Cc1cnn(C)c1)c1ccc(C(=O)O)c(Br)c1. The zero-order valence-corrected chi connectivity index (χ0v) is 12.3. The monoisotopic (exact) mass is 323 g/mol. The van der Waals surface area contributed by atoms with Crippen molar-refractivity contribution in [1.29, 1.82) is 0 Å². The van der Waals surface area contributed by atoms with Gasteiger partial charge in [-0.1, -0.05) is 0 Å². The summed E-state index contributed by atoms with van der Waals surface area (Å²) in [5.74, 6) is -0.937. The van der Waals surface area contributed by atoms with Gasteiger partial charge in [0.2, 0.25) is 0 Å². The summed E-state index contributed by atoms with van der Waals surface area (Å²) in [6, 6.07) is 5.20. The van der Waals surface area contributed by atoms with Gasteiger partial charge >= 0.3 is 5.97 Å². The fourth-order valence-corrected chi connectivity index (χ4v) is 2.37. The van der Waals surface area contributed by atoms with Gasteiger partial charge in [0.05, 0.1) is 11.8 Å². The van der Waals surface area contributed by atoms with Crippen LogP contribution in [0, 0.1) is 0 Å². The first kappa shape index (κ1) is 13.6. The third-order valence-corrected chi connectivity index (χ3v) is 3.46. The number of rotatable bonds is 4. The van der Waals surface area contributed by atoms with E-state index in [1.54, 1.807) is 22.9 Å². The molecular weight excluding hydrogens is 310 g/mol. The maximum absolute atomic E-state index is 10.9. The Morgan fingerprint density at radius 1 is 1.53 bits per heavy atom. The second-order valence-corrected chi connectivity index (χ2v) is 5.20. The summed E-state index contributed by atoms with van der Waals surface area (Å²) >= 11 is 3.28. The van der Waals surface area contributed by atoms with Crippen LogP contribution in [0.2, 0.25) is 0 Å². The highest BCUT2D eigenvalue weighted by atomic mass is 79.9. The molecule has 0 aliphatic heterocycles. The number of carboxylic acid groups (broad SMARTS) is 1. The molecule has 2 aromatic rings. The number of anilines is 1. The van der Waals surface area contributed by atoms with Gasteiger partial charge < -0.3 is 10.0 Å². The van der Waals surface area contributed by atoms with Gasteiger partial charge in [-0.2, -0.15) is 5.10 Å². The summed E-state index contributed by atoms with van der Waals surface area (Å²) in [7, 11) is 3.83. The van der Waals surface area contributed by atoms with E-state index < -0.39 is 5.97 Å². The van der Waals surface area contributed by atoms with Crippen molar-refractivity contribution in [2.24, 2.45) is 7.05 Å². The van der Waals surface area contributed by atoms with Crippen LogP contribution in [0.1, 0.15) is 15.9 Å². The highest BCUT2D eigenvalue weighted by Crippen LogP contribution is 2.24. The first-order chi connectivity index (χ1) is 8.97. The predicted octanol–water partition coefficient (Wildman–Crippen LogP) is 2.52. The molecule has 0 radical (unpaired) electrons. The van der Waals surface area contributed by atoms with Crippen LogP contribution >= 0.6 is 15.9 Å². The van der Waals surface area contributed by atoms with E-state index in [2.05, 4.69) is 21.0 Å². The summed E-state index contributed by atoms with van der Waals surface area (Å²) in [4.78, 5) is 13.0. The molecule has 0 unspecified atom stereocenters. The Kier molecular flexibility index (Phi) is 3.90. The average Bonchev–Trinajstić information content (AvgIpc) is 2.74. The summed E-state index contributed by atoms with van der Waals surface area (Å²) in [5, 5.41) is 13.1. The van der Waals surface area contributed by atoms with Crippen molar-refractivity contribution in [3.63, 3.8) is 0 Å². The average molecular weight is 324 g/mol. The fraction of sp³-hybridized carbons (Fsp3) is 0.231. The first-order valence-corrected chi connectivity index (χ1v) is 6.48. The number of aryl methyl sites for hydroxylation is 1. The molecule has 1 heterocycles. The molecule has 1 aromatic carbocycles. The highest BCUT2D eigenvalue weighted by Gasteiger charge is 2.10. The van der Waals surface area contributed by atoms with E-state index in [1.165, 1.54) is 0 Å². The fourth-order valence-electron chi connectivity index (χ4n) is 1.83. The minimum atomic E-state index is -0.937. The van der Waals surface area contributed by atoms with Crippen LogP contribution < -0.4 is 4.90 Å². The standard InChI is InChI=1S/C13H14BrN3O2/c1-16(7-9-6-15-17(2)8-9)10-3-4-11(13(18)19)12(14)5-10/h3-6,8H,7H2,1-2H3,(H,18,19). The Bertz CT molecular complexity index is 610. The second kappa shape index (κ2) is 5.44. The van der Waals surface area contributed by atoms with Crippen molar-refractivity contribution in [2.45, 2.75) is 6.54 Å². The van der Waals surface area contributed by atoms with Gasteiger partial charge in [-0.05, 0) is 34.1 Å². The molecule has 1 aromatic heterocycles. The molecule has 0 amide bonds. The quantitative estimate of drug-likeness (QED) is 0.939. The molecular formula is C13H14BrN3O2. The lowest BCUT2D eigenvalue weighted by atomic mass is 10.2. The molecule has 0 saturated heterocycles. The van der Waals surface area contributed by atoms with Crippen molar-refractivity contribution in [1.82, 2.24) is 9.78 Å². The number of hydrogen-bond donors (Lipinski definition) is 1. The van der Waals surface area contributed by atoms with Crippen molar-refractivity contribution in [3.05, 3.63) is 46.2 Å². The molecule has 5 nitrogen and oxygen atoms in total. The molecule has 0 bridgehead atoms. The first-order valence-electron chi connectivity index (χ1n) is 5.69. The van der Waals surface area contributed by atoms with Gasteiger partial charge in [-0.25, -0.2) is 4.79 Å². The number of nitrogens with zero attached hydrogens (tertiary/aromatic N) is 3. The normalized spacial score (nSPS) is 10.5. The minimum absolute atomic E-state index is 0.263. The Labute approximate surface area is 119 Å². The molecule has 0 spiro atoms. The Balaban J connectivity index is 2.17. The van der Waals surface area contributed by atoms with E-state index in [0.29, 0.717) is 11.0 Å². The summed E-state index contributed by atoms with van der Waals surface area (Å²) in [5.41, 5.74) is 2.31. The van der Waals surface area contributed by atoms with Gasteiger partial charge in [-0.3, -0.25) is 4.68 Å². The van der Waals surface area contributed by atoms with E-state index in [1.807, 2.05) is 31.4 Å². The lowest BCUT2D eigenvalue weighted by Gasteiger charge is -2.19. The number of hydrogen-bond acceptors (Lipinski definition) is 3. The largest absolute Gasteiger partial charge is 0.478 e. The number of carboxylic acids is 1. The molecule has 2 rings (SSSR count). The highest BCUT2D eigenvalue weighted by molar-refractivity contribution is 9.10. The van der Waals surface area contributed by atoms with Crippen LogP contribution in [0.4, 0.5) is 5.69 Å². The van der Waals surface area contributed by atoms with Crippen molar-refractivity contribution in [2.75, 3.05) is 11.9 Å². The van der Waals surface area contributed by atoms with Crippen LogP contribution in [0.3, 0.4) is 0 Å². The second-order valence-electron chi connectivity index (χ2n) is 4.35. The molecule has 100 valence electrons. The van der Waals surface area contributed by atoms with Gasteiger partial charge in [0, 0.05) is 42.6 Å². The van der Waals surface area contributed by atoms with Crippen LogP contribution in [0.5, 0.6) is 0 Å². The number of carbonyl (C=O) groups is 1. The number of aromatic nitrogens is 2. The van der Waals surface area contributed by atoms with Crippen molar-refractivity contribution in [3.8, 4) is 0 Å². The molecule has 0 fully saturated rings. The van der Waals surface area contributed by atoms with E-state index in [0.717, 1.165) is 11.3 Å². The summed E-state index contributed by atoms with van der Waals surface area (Å²) < 4.78 is 2.34. The molecule has 0 saturated carbocycles. The maximum atomic E-state index is 10.9. The lowest BCUT2D eigenvalue weighted by Crippen LogP contribution is -2.16. The van der Waals surface area contributed by atoms with Gasteiger partial charge in [0.15, 0.2) is 0 Å². The van der Waals surface area contributed by atoms with Crippen LogP contribution in [0.15, 0.2) is 35.1 Å². The van der Waals surface area contributed by atoms with E-state index in [-0.39, 0.29) is 5.56 Å². The van der Waals surface area contributed by atoms with Crippen LogP contribution in [-0.2, 0) is 13.6 Å². The Morgan fingerprint density at radius 2 is 2.26 bits per heavy atom. The summed E-state index contributed by atoms with van der Waals surface area (Å²) in [6.07, 6.45) is 3.77. The van der Waals surface area contributed by atoms with Crippen molar-refractivity contribution >= 4 is 27.6 Å². The smallest absolute Gasteiger partial charge is 0.336 e. The Morgan fingerprint density at radius 3 is 2.79 bits per heavy atom. The van der Waals surface area contributed by atoms with Crippen molar-refractivity contribution < 1.29 is 9.90 Å². The van der Waals surface area contributed by atoms with Gasteiger partial charge in [0.1, 0.15) is 0 Å². The zero-order valence-electron chi connectivity index (χ0n) is 10.7. The van der Waals surface area contributed by atoms with E-state index in [4.69, 9.17) is 5.11 Å². The van der Waals surface area contributed by atoms with Gasteiger partial charge in [-0.15, -0.1) is 0 Å². The third kappa shape index (κ3) is 3.14. The number of aromatic carboxylic acids is 1. The molecule has 0 atom stereocenters. The molecule has 1 N–H and O–H groups in total. The predicted molar refractivity (Wildman–Crippen MR) is 76.4 cm³/mol. The van der Waals surface area contributed by atoms with Gasteiger partial charge in [0.25, 0.3) is 0 Å². The number of halogens is 1. The third-order valence-electron chi connectivity index (χ3n) is 2.80. The zero-order chi connectivity index (χ0) is 14.0. The lowest BCUT2D eigenvalue weighted by molar-refractivity contribution is 0.0696.